The number of aromatic carboxylic acids is 1. The van der Waals surface area contributed by atoms with Crippen molar-refractivity contribution in [1.82, 2.24) is 19.4 Å². The van der Waals surface area contributed by atoms with E-state index in [2.05, 4.69) is 40.2 Å². The van der Waals surface area contributed by atoms with E-state index in [1.165, 1.54) is 11.9 Å². The Balaban J connectivity index is 1.94. The van der Waals surface area contributed by atoms with Crippen molar-refractivity contribution in [1.29, 1.82) is 0 Å². The third-order valence-electron chi connectivity index (χ3n) is 4.28. The minimum Gasteiger partial charge on any atom is -0.476 e. The van der Waals surface area contributed by atoms with Crippen molar-refractivity contribution in [2.24, 2.45) is 0 Å². The maximum Gasteiger partial charge on any atom is 0.356 e. The van der Waals surface area contributed by atoms with Crippen molar-refractivity contribution in [2.75, 3.05) is 5.32 Å². The van der Waals surface area contributed by atoms with Crippen LogP contribution in [0.1, 0.15) is 35.8 Å². The highest BCUT2D eigenvalue weighted by Gasteiger charge is 2.19. The van der Waals surface area contributed by atoms with E-state index in [0.29, 0.717) is 28.3 Å². The molecule has 7 nitrogen and oxygen atoms in total. The zero-order valence-electron chi connectivity index (χ0n) is 14.3. The molecule has 0 amide bonds. The predicted molar refractivity (Wildman–Crippen MR) is 99.1 cm³/mol. The number of fused-ring (bicyclic) bond motifs is 3. The molecule has 2 N–H and O–H groups in total. The highest BCUT2D eigenvalue weighted by molar-refractivity contribution is 6.00. The zero-order valence-corrected chi connectivity index (χ0v) is 14.3. The Kier molecular flexibility index (Phi) is 3.76. The second kappa shape index (κ2) is 6.11. The van der Waals surface area contributed by atoms with Gasteiger partial charge in [-0.3, -0.25) is 9.38 Å². The average molecular weight is 347 g/mol. The molecule has 1 aromatic carbocycles. The summed E-state index contributed by atoms with van der Waals surface area (Å²) in [5.41, 5.74) is 3.78. The van der Waals surface area contributed by atoms with Crippen LogP contribution in [0.5, 0.6) is 0 Å². The van der Waals surface area contributed by atoms with E-state index in [9.17, 15) is 9.90 Å². The molecule has 0 bridgehead atoms. The summed E-state index contributed by atoms with van der Waals surface area (Å²) in [5, 5.41) is 12.8. The Morgan fingerprint density at radius 3 is 2.88 bits per heavy atom. The summed E-state index contributed by atoms with van der Waals surface area (Å²) in [6.45, 7) is 4.25. The Labute approximate surface area is 149 Å². The lowest BCUT2D eigenvalue weighted by atomic mass is 10.0. The van der Waals surface area contributed by atoms with Crippen LogP contribution in [0.25, 0.3) is 16.6 Å². The first-order valence-corrected chi connectivity index (χ1v) is 8.25. The van der Waals surface area contributed by atoms with Crippen molar-refractivity contribution in [3.63, 3.8) is 0 Å². The van der Waals surface area contributed by atoms with E-state index in [-0.39, 0.29) is 5.69 Å². The molecule has 130 valence electrons. The second-order valence-corrected chi connectivity index (χ2v) is 6.35. The van der Waals surface area contributed by atoms with Crippen LogP contribution in [0.15, 0.2) is 49.1 Å². The van der Waals surface area contributed by atoms with Crippen molar-refractivity contribution in [3.05, 3.63) is 60.3 Å². The quantitative estimate of drug-likeness (QED) is 0.583. The van der Waals surface area contributed by atoms with Gasteiger partial charge in [-0.1, -0.05) is 26.0 Å². The maximum absolute atomic E-state index is 11.6. The molecule has 4 rings (SSSR count). The predicted octanol–water partition coefficient (Wildman–Crippen LogP) is 3.84. The highest BCUT2D eigenvalue weighted by Crippen LogP contribution is 2.28. The molecular weight excluding hydrogens is 330 g/mol. The molecule has 3 aromatic heterocycles. The lowest BCUT2D eigenvalue weighted by molar-refractivity contribution is 0.0693. The molecule has 0 saturated heterocycles. The van der Waals surface area contributed by atoms with E-state index >= 15 is 0 Å². The Morgan fingerprint density at radius 2 is 2.12 bits per heavy atom. The Bertz CT molecular complexity index is 1130. The van der Waals surface area contributed by atoms with Crippen LogP contribution in [0, 0.1) is 0 Å². The normalized spacial score (nSPS) is 11.3. The van der Waals surface area contributed by atoms with Crippen molar-refractivity contribution < 1.29 is 9.90 Å². The summed E-state index contributed by atoms with van der Waals surface area (Å²) >= 11 is 0. The molecular formula is C19H17N5O2. The molecule has 0 aliphatic heterocycles. The fourth-order valence-electron chi connectivity index (χ4n) is 2.95. The van der Waals surface area contributed by atoms with Gasteiger partial charge in [-0.15, -0.1) is 0 Å². The van der Waals surface area contributed by atoms with Crippen LogP contribution in [0.2, 0.25) is 0 Å². The number of imidazole rings is 1. The Morgan fingerprint density at radius 1 is 1.27 bits per heavy atom. The first kappa shape index (κ1) is 16.0. The Hall–Kier alpha value is -3.48. The number of carbonyl (C=O) groups is 1. The number of pyridine rings is 1. The number of aromatic nitrogens is 4. The number of benzene rings is 1. The summed E-state index contributed by atoms with van der Waals surface area (Å²) in [6.07, 6.45) is 4.78. The van der Waals surface area contributed by atoms with Gasteiger partial charge in [0, 0.05) is 11.9 Å². The van der Waals surface area contributed by atoms with Gasteiger partial charge >= 0.3 is 5.97 Å². The number of anilines is 2. The van der Waals surface area contributed by atoms with Gasteiger partial charge in [0.1, 0.15) is 11.8 Å². The number of hydrogen-bond acceptors (Lipinski definition) is 5. The molecule has 0 unspecified atom stereocenters. The van der Waals surface area contributed by atoms with Crippen molar-refractivity contribution >= 4 is 34.0 Å². The smallest absolute Gasteiger partial charge is 0.356 e. The first-order chi connectivity index (χ1) is 12.5. The van der Waals surface area contributed by atoms with Crippen LogP contribution < -0.4 is 5.32 Å². The van der Waals surface area contributed by atoms with Gasteiger partial charge in [-0.2, -0.15) is 0 Å². The van der Waals surface area contributed by atoms with Gasteiger partial charge in [0.2, 0.25) is 0 Å². The van der Waals surface area contributed by atoms with E-state index in [0.717, 1.165) is 5.69 Å². The molecule has 0 saturated carbocycles. The molecule has 0 spiro atoms. The van der Waals surface area contributed by atoms with E-state index in [1.807, 2.05) is 18.2 Å². The molecule has 7 heteroatoms. The lowest BCUT2D eigenvalue weighted by Crippen LogP contribution is -2.04. The topological polar surface area (TPSA) is 92.4 Å². The standard InChI is InChI=1S/C19H17N5O2/c1-11(2)12-4-3-5-13(8-12)22-18-17-16(19(25)26)21-10-24(17)15-9-20-7-6-14(15)23-18/h3-11H,1-2H3,(H,22,23)(H,25,26). The number of rotatable bonds is 4. The number of hydrogen-bond donors (Lipinski definition) is 2. The SMILES string of the molecule is CC(C)c1cccc(Nc2nc3ccncc3n3cnc(C(=O)O)c23)c1. The van der Waals surface area contributed by atoms with Gasteiger partial charge in [-0.25, -0.2) is 14.8 Å². The minimum atomic E-state index is -1.10. The molecule has 0 atom stereocenters. The summed E-state index contributed by atoms with van der Waals surface area (Å²) in [6, 6.07) is 9.78. The highest BCUT2D eigenvalue weighted by atomic mass is 16.4. The summed E-state index contributed by atoms with van der Waals surface area (Å²) < 4.78 is 1.70. The van der Waals surface area contributed by atoms with Crippen LogP contribution in [0.3, 0.4) is 0 Å². The largest absolute Gasteiger partial charge is 0.476 e. The maximum atomic E-state index is 11.6. The fourth-order valence-corrected chi connectivity index (χ4v) is 2.95. The van der Waals surface area contributed by atoms with E-state index in [1.54, 1.807) is 22.9 Å². The van der Waals surface area contributed by atoms with Gasteiger partial charge < -0.3 is 10.4 Å². The first-order valence-electron chi connectivity index (χ1n) is 8.25. The fraction of sp³-hybridized carbons (Fsp3) is 0.158. The third kappa shape index (κ3) is 2.63. The molecule has 0 aliphatic carbocycles. The van der Waals surface area contributed by atoms with Gasteiger partial charge in [0.15, 0.2) is 11.5 Å². The van der Waals surface area contributed by atoms with Crippen LogP contribution in [-0.4, -0.2) is 30.4 Å². The van der Waals surface area contributed by atoms with Crippen molar-refractivity contribution in [2.45, 2.75) is 19.8 Å². The molecule has 0 aliphatic rings. The number of nitrogens with one attached hydrogen (secondary N) is 1. The van der Waals surface area contributed by atoms with E-state index < -0.39 is 5.97 Å². The number of carboxylic acid groups (broad SMARTS) is 1. The zero-order chi connectivity index (χ0) is 18.3. The number of nitrogens with zero attached hydrogens (tertiary/aromatic N) is 4. The summed E-state index contributed by atoms with van der Waals surface area (Å²) in [7, 11) is 0. The summed E-state index contributed by atoms with van der Waals surface area (Å²) in [5.74, 6) is -0.270. The molecule has 4 aromatic rings. The molecule has 3 heterocycles. The van der Waals surface area contributed by atoms with E-state index in [4.69, 9.17) is 0 Å². The second-order valence-electron chi connectivity index (χ2n) is 6.35. The number of carboxylic acids is 1. The van der Waals surface area contributed by atoms with Gasteiger partial charge in [0.25, 0.3) is 0 Å². The molecule has 0 fully saturated rings. The van der Waals surface area contributed by atoms with Gasteiger partial charge in [0.05, 0.1) is 17.2 Å². The van der Waals surface area contributed by atoms with Crippen molar-refractivity contribution in [3.8, 4) is 0 Å². The average Bonchev–Trinajstić information content (AvgIpc) is 3.08. The lowest BCUT2D eigenvalue weighted by Gasteiger charge is -2.12. The van der Waals surface area contributed by atoms with Crippen LogP contribution in [0.4, 0.5) is 11.5 Å². The third-order valence-corrected chi connectivity index (χ3v) is 4.28. The molecule has 0 radical (unpaired) electrons. The monoisotopic (exact) mass is 347 g/mol. The summed E-state index contributed by atoms with van der Waals surface area (Å²) in [4.78, 5) is 24.4. The molecule has 26 heavy (non-hydrogen) atoms. The van der Waals surface area contributed by atoms with Gasteiger partial charge in [-0.05, 0) is 29.7 Å². The van der Waals surface area contributed by atoms with Crippen LogP contribution >= 0.6 is 0 Å². The minimum absolute atomic E-state index is 0.0502. The van der Waals surface area contributed by atoms with Crippen LogP contribution in [-0.2, 0) is 0 Å².